The van der Waals surface area contributed by atoms with E-state index in [1.165, 1.54) is 6.92 Å². The molecule has 16 heteroatoms. The van der Waals surface area contributed by atoms with Gasteiger partial charge in [0.15, 0.2) is 6.29 Å². The van der Waals surface area contributed by atoms with Crippen LogP contribution in [0.25, 0.3) is 0 Å². The molecule has 2 heterocycles. The standard InChI is InChI=1S/C26H51N7O9/c1-26(39)11-40-25(20(37)23(26)31-2)42-22-16(33-24(38)17(35)5-6-27)7-14(30)18(19(22)36)21-15(32-10-12(34)8-28)4-3-13(9-29)41-21/h3,12,14-23,25,31-32,34-37,39H,4-11,27-30H2,1-2H3,(H,33,38)/t12?,14-,15+,16+,17-,18?,19-,20+,21-,22-,23+,25+,26-/m0/s1. The van der Waals surface area contributed by atoms with Crippen molar-refractivity contribution in [1.82, 2.24) is 16.0 Å². The minimum Gasteiger partial charge on any atom is -0.492 e. The van der Waals surface area contributed by atoms with Crippen molar-refractivity contribution in [2.75, 3.05) is 39.8 Å². The quantitative estimate of drug-likeness (QED) is 0.0931. The summed E-state index contributed by atoms with van der Waals surface area (Å²) in [5, 5.41) is 62.6. The molecule has 2 fully saturated rings. The fourth-order valence-corrected chi connectivity index (χ4v) is 6.08. The zero-order valence-electron chi connectivity index (χ0n) is 24.3. The number of nitrogens with two attached hydrogens (primary N) is 4. The maximum atomic E-state index is 12.8. The van der Waals surface area contributed by atoms with Gasteiger partial charge in [-0.15, -0.1) is 0 Å². The van der Waals surface area contributed by atoms with Crippen LogP contribution in [0, 0.1) is 5.92 Å². The molecule has 3 rings (SSSR count). The molecule has 0 aromatic heterocycles. The molecule has 0 radical (unpaired) electrons. The van der Waals surface area contributed by atoms with Crippen molar-refractivity contribution in [3.05, 3.63) is 11.8 Å². The van der Waals surface area contributed by atoms with E-state index in [1.807, 2.05) is 6.08 Å². The van der Waals surface area contributed by atoms with Crippen molar-refractivity contribution in [2.45, 2.75) is 98.9 Å². The Hall–Kier alpha value is -1.51. The summed E-state index contributed by atoms with van der Waals surface area (Å²) in [6, 6.07) is -2.82. The molecule has 16 nitrogen and oxygen atoms in total. The minimum atomic E-state index is -1.40. The van der Waals surface area contributed by atoms with Crippen LogP contribution < -0.4 is 38.9 Å². The summed E-state index contributed by atoms with van der Waals surface area (Å²) >= 11 is 0. The molecule has 16 N–H and O–H groups in total. The van der Waals surface area contributed by atoms with E-state index in [0.29, 0.717) is 12.2 Å². The highest BCUT2D eigenvalue weighted by atomic mass is 16.7. The van der Waals surface area contributed by atoms with Crippen LogP contribution in [0.5, 0.6) is 0 Å². The Kier molecular flexibility index (Phi) is 12.9. The first-order chi connectivity index (χ1) is 19.9. The molecule has 0 aromatic carbocycles. The number of ether oxygens (including phenoxy) is 3. The van der Waals surface area contributed by atoms with Gasteiger partial charge in [0, 0.05) is 31.1 Å². The second kappa shape index (κ2) is 15.5. The van der Waals surface area contributed by atoms with E-state index in [4.69, 9.17) is 37.1 Å². The first kappa shape index (κ1) is 35.0. The monoisotopic (exact) mass is 605 g/mol. The number of likely N-dealkylation sites (N-methyl/N-ethyl adjacent to an activating group) is 1. The fraction of sp³-hybridized carbons (Fsp3) is 0.885. The largest absolute Gasteiger partial charge is 0.492 e. The molecule has 1 aliphatic carbocycles. The van der Waals surface area contributed by atoms with E-state index in [9.17, 15) is 30.3 Å². The number of rotatable bonds is 13. The summed E-state index contributed by atoms with van der Waals surface area (Å²) in [4.78, 5) is 12.8. The second-order valence-electron chi connectivity index (χ2n) is 11.7. The molecule has 2 aliphatic heterocycles. The number of hydrogen-bond acceptors (Lipinski definition) is 15. The molecule has 1 amide bonds. The molecule has 0 spiro atoms. The molecular weight excluding hydrogens is 554 g/mol. The maximum Gasteiger partial charge on any atom is 0.249 e. The topological polar surface area (TPSA) is 286 Å². The van der Waals surface area contributed by atoms with E-state index >= 15 is 0 Å². The molecule has 0 aromatic rings. The third-order valence-corrected chi connectivity index (χ3v) is 8.40. The van der Waals surface area contributed by atoms with Crippen LogP contribution in [-0.2, 0) is 19.0 Å². The van der Waals surface area contributed by atoms with E-state index in [2.05, 4.69) is 16.0 Å². The molecular formula is C26H51N7O9. The highest BCUT2D eigenvalue weighted by Crippen LogP contribution is 2.37. The van der Waals surface area contributed by atoms with Crippen LogP contribution in [0.3, 0.4) is 0 Å². The number of carbonyl (C=O) groups excluding carboxylic acids is 1. The lowest BCUT2D eigenvalue weighted by molar-refractivity contribution is -0.297. The lowest BCUT2D eigenvalue weighted by Gasteiger charge is -2.51. The number of nitrogens with one attached hydrogen (secondary N) is 3. The van der Waals surface area contributed by atoms with Crippen LogP contribution in [-0.4, -0.2) is 144 Å². The number of aliphatic hydroxyl groups is 5. The summed E-state index contributed by atoms with van der Waals surface area (Å²) in [5.41, 5.74) is 22.1. The van der Waals surface area contributed by atoms with Gasteiger partial charge < -0.3 is 78.6 Å². The molecule has 1 saturated heterocycles. The van der Waals surface area contributed by atoms with Gasteiger partial charge in [0.1, 0.15) is 35.8 Å². The number of carbonyl (C=O) groups is 1. The fourth-order valence-electron chi connectivity index (χ4n) is 6.08. The van der Waals surface area contributed by atoms with E-state index in [1.54, 1.807) is 7.05 Å². The van der Waals surface area contributed by atoms with Gasteiger partial charge in [0.05, 0.1) is 37.4 Å². The first-order valence-corrected chi connectivity index (χ1v) is 14.5. The summed E-state index contributed by atoms with van der Waals surface area (Å²) in [6.45, 7) is 1.77. The van der Waals surface area contributed by atoms with Gasteiger partial charge in [-0.3, -0.25) is 4.79 Å². The van der Waals surface area contributed by atoms with Gasteiger partial charge in [0.25, 0.3) is 0 Å². The van der Waals surface area contributed by atoms with Crippen molar-refractivity contribution < 1.29 is 44.5 Å². The SMILES string of the molecule is CN[C@@H]1[C@@H](O)[C@@H](O[C@H]2[C@H](NC(=O)[C@@H](O)CCN)C[C@H](N)C([C@H]3OC(CN)=CC[C@H]3NCC(O)CN)[C@@H]2O)OC[C@]1(C)O. The second-order valence-corrected chi connectivity index (χ2v) is 11.7. The zero-order valence-corrected chi connectivity index (χ0v) is 24.3. The smallest absolute Gasteiger partial charge is 0.249 e. The van der Waals surface area contributed by atoms with Crippen LogP contribution in [0.4, 0.5) is 0 Å². The van der Waals surface area contributed by atoms with Crippen LogP contribution in [0.1, 0.15) is 26.2 Å². The normalized spacial score (nSPS) is 40.5. The van der Waals surface area contributed by atoms with E-state index in [0.717, 1.165) is 0 Å². The van der Waals surface area contributed by atoms with Gasteiger partial charge in [-0.05, 0) is 45.9 Å². The molecule has 1 saturated carbocycles. The Bertz CT molecular complexity index is 900. The lowest BCUT2D eigenvalue weighted by atomic mass is 9.72. The predicted octanol–water partition coefficient (Wildman–Crippen LogP) is -5.76. The Labute approximate surface area is 246 Å². The van der Waals surface area contributed by atoms with Gasteiger partial charge in [0.2, 0.25) is 5.91 Å². The minimum absolute atomic E-state index is 0.0246. The Balaban J connectivity index is 1.91. The highest BCUT2D eigenvalue weighted by Gasteiger charge is 2.53. The Morgan fingerprint density at radius 2 is 1.93 bits per heavy atom. The Morgan fingerprint density at radius 1 is 1.21 bits per heavy atom. The van der Waals surface area contributed by atoms with E-state index in [-0.39, 0.29) is 51.7 Å². The van der Waals surface area contributed by atoms with Crippen molar-refractivity contribution in [3.8, 4) is 0 Å². The van der Waals surface area contributed by atoms with E-state index < -0.39 is 78.5 Å². The summed E-state index contributed by atoms with van der Waals surface area (Å²) in [5.74, 6) is -0.959. The van der Waals surface area contributed by atoms with Gasteiger partial charge >= 0.3 is 0 Å². The number of hydrogen-bond donors (Lipinski definition) is 12. The van der Waals surface area contributed by atoms with Gasteiger partial charge in [-0.2, -0.15) is 0 Å². The predicted molar refractivity (Wildman–Crippen MR) is 151 cm³/mol. The number of amides is 1. The van der Waals surface area contributed by atoms with Crippen molar-refractivity contribution >= 4 is 5.91 Å². The average Bonchev–Trinajstić information content (AvgIpc) is 2.95. The van der Waals surface area contributed by atoms with Crippen LogP contribution in [0.15, 0.2) is 11.8 Å². The van der Waals surface area contributed by atoms with Crippen LogP contribution in [0.2, 0.25) is 0 Å². The molecule has 244 valence electrons. The molecule has 3 aliphatic rings. The van der Waals surface area contributed by atoms with Crippen molar-refractivity contribution in [1.29, 1.82) is 0 Å². The molecule has 42 heavy (non-hydrogen) atoms. The third-order valence-electron chi connectivity index (χ3n) is 8.40. The maximum absolute atomic E-state index is 12.8. The highest BCUT2D eigenvalue weighted by molar-refractivity contribution is 5.80. The third kappa shape index (κ3) is 8.15. The van der Waals surface area contributed by atoms with Crippen molar-refractivity contribution in [2.24, 2.45) is 28.9 Å². The molecule has 13 atom stereocenters. The van der Waals surface area contributed by atoms with Crippen molar-refractivity contribution in [3.63, 3.8) is 0 Å². The molecule has 2 unspecified atom stereocenters. The Morgan fingerprint density at radius 3 is 2.55 bits per heavy atom. The number of aliphatic hydroxyl groups excluding tert-OH is 4. The molecule has 0 bridgehead atoms. The van der Waals surface area contributed by atoms with Gasteiger partial charge in [-0.1, -0.05) is 0 Å². The summed E-state index contributed by atoms with van der Waals surface area (Å²) in [7, 11) is 1.58. The first-order valence-electron chi connectivity index (χ1n) is 14.5. The van der Waals surface area contributed by atoms with Gasteiger partial charge in [-0.25, -0.2) is 0 Å². The summed E-state index contributed by atoms with van der Waals surface area (Å²) in [6.07, 6.45) is -5.61. The van der Waals surface area contributed by atoms with Crippen LogP contribution >= 0.6 is 0 Å². The average molecular weight is 606 g/mol. The summed E-state index contributed by atoms with van der Waals surface area (Å²) < 4.78 is 18.1. The lowest BCUT2D eigenvalue weighted by Crippen LogP contribution is -2.69. The zero-order chi connectivity index (χ0) is 31.2.